The van der Waals surface area contributed by atoms with Crippen LogP contribution in [0.5, 0.6) is 5.88 Å². The van der Waals surface area contributed by atoms with E-state index in [4.69, 9.17) is 10.00 Å². The lowest BCUT2D eigenvalue weighted by Gasteiger charge is -2.10. The van der Waals surface area contributed by atoms with Crippen LogP contribution in [0.2, 0.25) is 0 Å². The van der Waals surface area contributed by atoms with Crippen LogP contribution in [-0.4, -0.2) is 11.6 Å². The van der Waals surface area contributed by atoms with Crippen molar-refractivity contribution in [1.82, 2.24) is 4.98 Å². The summed E-state index contributed by atoms with van der Waals surface area (Å²) in [4.78, 5) is 4.13. The van der Waals surface area contributed by atoms with Gasteiger partial charge in [0, 0.05) is 29.0 Å². The summed E-state index contributed by atoms with van der Waals surface area (Å²) in [6.45, 7) is 3.19. The van der Waals surface area contributed by atoms with Crippen LogP contribution in [0.1, 0.15) is 18.1 Å². The van der Waals surface area contributed by atoms with Crippen LogP contribution >= 0.6 is 15.9 Å². The number of pyridine rings is 1. The van der Waals surface area contributed by atoms with Crippen LogP contribution in [0.15, 0.2) is 41.0 Å². The molecule has 2 aromatic rings. The molecule has 0 amide bonds. The summed E-state index contributed by atoms with van der Waals surface area (Å²) in [6.07, 6.45) is 1.73. The summed E-state index contributed by atoms with van der Waals surface area (Å²) in [5.41, 5.74) is 2.66. The SMILES string of the molecule is CCOc1cc(CNc2ccc(C#N)cc2Br)ccn1. The highest BCUT2D eigenvalue weighted by Gasteiger charge is 2.02. The first kappa shape index (κ1) is 14.4. The Morgan fingerprint density at radius 1 is 1.35 bits per heavy atom. The van der Waals surface area contributed by atoms with Crippen LogP contribution in [-0.2, 0) is 6.54 Å². The Morgan fingerprint density at radius 3 is 2.90 bits per heavy atom. The highest BCUT2D eigenvalue weighted by atomic mass is 79.9. The number of hydrogen-bond acceptors (Lipinski definition) is 4. The molecule has 0 bridgehead atoms. The van der Waals surface area contributed by atoms with Crippen molar-refractivity contribution in [3.05, 3.63) is 52.1 Å². The Hall–Kier alpha value is -2.06. The Bertz CT molecular complexity index is 637. The molecule has 5 heteroatoms. The molecule has 0 saturated heterocycles. The number of benzene rings is 1. The minimum Gasteiger partial charge on any atom is -0.478 e. The highest BCUT2D eigenvalue weighted by Crippen LogP contribution is 2.24. The number of halogens is 1. The fourth-order valence-corrected chi connectivity index (χ4v) is 2.23. The lowest BCUT2D eigenvalue weighted by Crippen LogP contribution is -2.02. The van der Waals surface area contributed by atoms with Crippen LogP contribution in [0.4, 0.5) is 5.69 Å². The van der Waals surface area contributed by atoms with Crippen molar-refractivity contribution in [2.45, 2.75) is 13.5 Å². The number of ether oxygens (including phenoxy) is 1. The van der Waals surface area contributed by atoms with Crippen LogP contribution in [0.25, 0.3) is 0 Å². The molecule has 1 N–H and O–H groups in total. The minimum absolute atomic E-state index is 0.602. The standard InChI is InChI=1S/C15H14BrN3O/c1-2-20-15-8-12(5-6-18-15)10-19-14-4-3-11(9-17)7-13(14)16/h3-8,19H,2,10H2,1H3. The summed E-state index contributed by atoms with van der Waals surface area (Å²) in [5, 5.41) is 12.1. The highest BCUT2D eigenvalue weighted by molar-refractivity contribution is 9.10. The van der Waals surface area contributed by atoms with Gasteiger partial charge >= 0.3 is 0 Å². The van der Waals surface area contributed by atoms with Crippen molar-refractivity contribution in [1.29, 1.82) is 5.26 Å². The van der Waals surface area contributed by atoms with E-state index in [2.05, 4.69) is 32.3 Å². The lowest BCUT2D eigenvalue weighted by atomic mass is 10.2. The summed E-state index contributed by atoms with van der Waals surface area (Å²) < 4.78 is 6.24. The van der Waals surface area contributed by atoms with E-state index in [-0.39, 0.29) is 0 Å². The van der Waals surface area contributed by atoms with Gasteiger partial charge in [0.25, 0.3) is 0 Å². The molecule has 0 atom stereocenters. The van der Waals surface area contributed by atoms with Gasteiger partial charge in [-0.15, -0.1) is 0 Å². The van der Waals surface area contributed by atoms with Crippen molar-refractivity contribution in [2.75, 3.05) is 11.9 Å². The summed E-state index contributed by atoms with van der Waals surface area (Å²) in [6, 6.07) is 11.4. The molecular weight excluding hydrogens is 318 g/mol. The van der Waals surface area contributed by atoms with Gasteiger partial charge in [0.15, 0.2) is 0 Å². The van der Waals surface area contributed by atoms with Gasteiger partial charge in [-0.1, -0.05) is 0 Å². The molecule has 0 aliphatic carbocycles. The number of anilines is 1. The van der Waals surface area contributed by atoms with Gasteiger partial charge in [-0.2, -0.15) is 5.26 Å². The van der Waals surface area contributed by atoms with E-state index in [1.807, 2.05) is 25.1 Å². The average Bonchev–Trinajstić information content (AvgIpc) is 2.46. The summed E-state index contributed by atoms with van der Waals surface area (Å²) in [5.74, 6) is 0.630. The van der Waals surface area contributed by atoms with Crippen LogP contribution in [0, 0.1) is 11.3 Å². The molecule has 0 radical (unpaired) electrons. The number of aromatic nitrogens is 1. The third-order valence-corrected chi connectivity index (χ3v) is 3.33. The molecule has 20 heavy (non-hydrogen) atoms. The zero-order valence-electron chi connectivity index (χ0n) is 11.1. The van der Waals surface area contributed by atoms with E-state index in [0.717, 1.165) is 15.7 Å². The molecular formula is C15H14BrN3O. The number of hydrogen-bond donors (Lipinski definition) is 1. The van der Waals surface area contributed by atoms with Gasteiger partial charge in [0.2, 0.25) is 5.88 Å². The molecule has 0 saturated carbocycles. The third-order valence-electron chi connectivity index (χ3n) is 2.67. The summed E-state index contributed by atoms with van der Waals surface area (Å²) in [7, 11) is 0. The van der Waals surface area contributed by atoms with E-state index in [1.165, 1.54) is 0 Å². The smallest absolute Gasteiger partial charge is 0.213 e. The molecule has 0 unspecified atom stereocenters. The van der Waals surface area contributed by atoms with Gasteiger partial charge in [0.05, 0.1) is 18.2 Å². The predicted octanol–water partition coefficient (Wildman–Crippen LogP) is 3.73. The molecule has 102 valence electrons. The second kappa shape index (κ2) is 6.92. The molecule has 1 aromatic heterocycles. The second-order valence-corrected chi connectivity index (χ2v) is 4.95. The van der Waals surface area contributed by atoms with Crippen molar-refractivity contribution in [3.63, 3.8) is 0 Å². The minimum atomic E-state index is 0.602. The van der Waals surface area contributed by atoms with E-state index in [9.17, 15) is 0 Å². The van der Waals surface area contributed by atoms with Gasteiger partial charge in [-0.3, -0.25) is 0 Å². The van der Waals surface area contributed by atoms with Crippen molar-refractivity contribution >= 4 is 21.6 Å². The predicted molar refractivity (Wildman–Crippen MR) is 81.6 cm³/mol. The fourth-order valence-electron chi connectivity index (χ4n) is 1.71. The normalized spacial score (nSPS) is 9.85. The topological polar surface area (TPSA) is 57.9 Å². The third kappa shape index (κ3) is 3.72. The molecule has 0 fully saturated rings. The number of nitrogens with one attached hydrogen (secondary N) is 1. The maximum atomic E-state index is 8.83. The zero-order chi connectivity index (χ0) is 14.4. The van der Waals surface area contributed by atoms with E-state index in [0.29, 0.717) is 24.6 Å². The number of rotatable bonds is 5. The Kier molecular flexibility index (Phi) is 4.97. The summed E-state index contributed by atoms with van der Waals surface area (Å²) >= 11 is 3.45. The van der Waals surface area contributed by atoms with Crippen LogP contribution in [0.3, 0.4) is 0 Å². The molecule has 4 nitrogen and oxygen atoms in total. The first-order valence-corrected chi connectivity index (χ1v) is 7.03. The molecule has 0 aliphatic heterocycles. The molecule has 0 aliphatic rings. The fraction of sp³-hybridized carbons (Fsp3) is 0.200. The van der Waals surface area contributed by atoms with E-state index < -0.39 is 0 Å². The largest absolute Gasteiger partial charge is 0.478 e. The van der Waals surface area contributed by atoms with Crippen molar-refractivity contribution < 1.29 is 4.74 Å². The molecule has 0 spiro atoms. The quantitative estimate of drug-likeness (QED) is 0.906. The van der Waals surface area contributed by atoms with Gasteiger partial charge in [-0.25, -0.2) is 4.98 Å². The lowest BCUT2D eigenvalue weighted by molar-refractivity contribution is 0.326. The number of nitriles is 1. The average molecular weight is 332 g/mol. The Balaban J connectivity index is 2.05. The van der Waals surface area contributed by atoms with Gasteiger partial charge in [0.1, 0.15) is 0 Å². The maximum Gasteiger partial charge on any atom is 0.213 e. The Labute approximate surface area is 126 Å². The maximum absolute atomic E-state index is 8.83. The van der Waals surface area contributed by atoms with Gasteiger partial charge in [-0.05, 0) is 52.7 Å². The van der Waals surface area contributed by atoms with Crippen molar-refractivity contribution in [2.24, 2.45) is 0 Å². The molecule has 1 heterocycles. The second-order valence-electron chi connectivity index (χ2n) is 4.10. The monoisotopic (exact) mass is 331 g/mol. The number of nitrogens with zero attached hydrogens (tertiary/aromatic N) is 2. The first-order chi connectivity index (χ1) is 9.72. The van der Waals surface area contributed by atoms with E-state index in [1.54, 1.807) is 18.3 Å². The van der Waals surface area contributed by atoms with Gasteiger partial charge < -0.3 is 10.1 Å². The van der Waals surface area contributed by atoms with Crippen molar-refractivity contribution in [3.8, 4) is 11.9 Å². The van der Waals surface area contributed by atoms with Crippen LogP contribution < -0.4 is 10.1 Å². The van der Waals surface area contributed by atoms with E-state index >= 15 is 0 Å². The molecule has 1 aromatic carbocycles. The zero-order valence-corrected chi connectivity index (χ0v) is 12.6. The first-order valence-electron chi connectivity index (χ1n) is 6.24. The molecule has 2 rings (SSSR count). The Morgan fingerprint density at radius 2 is 2.20 bits per heavy atom.